The number of carbonyl (C=O) groups is 2. The predicted octanol–water partition coefficient (Wildman–Crippen LogP) is 13.1. The average Bonchev–Trinajstić information content (AvgIpc) is 3.18. The Morgan fingerprint density at radius 1 is 0.554 bits per heavy atom. The topological polar surface area (TPSA) is 134 Å². The molecule has 2 atom stereocenters. The Morgan fingerprint density at radius 3 is 1.46 bits per heavy atom. The van der Waals surface area contributed by atoms with Crippen LogP contribution in [-0.2, 0) is 32.7 Å². The van der Waals surface area contributed by atoms with Crippen LogP contribution in [0.2, 0.25) is 0 Å². The van der Waals surface area contributed by atoms with Crippen LogP contribution in [0.1, 0.15) is 200 Å². The molecule has 0 saturated carbocycles. The van der Waals surface area contributed by atoms with Crippen LogP contribution in [0, 0.1) is 0 Å². The van der Waals surface area contributed by atoms with E-state index in [2.05, 4.69) is 32.1 Å². The summed E-state index contributed by atoms with van der Waals surface area (Å²) in [7, 11) is -4.38. The van der Waals surface area contributed by atoms with Crippen molar-refractivity contribution >= 4 is 19.8 Å². The number of phosphoric ester groups is 1. The summed E-state index contributed by atoms with van der Waals surface area (Å²) < 4.78 is 32.8. The van der Waals surface area contributed by atoms with Gasteiger partial charge in [0.15, 0.2) is 6.10 Å². The third-order valence-corrected chi connectivity index (χ3v) is 10.6. The molecule has 0 aliphatic heterocycles. The predicted molar refractivity (Wildman–Crippen MR) is 233 cm³/mol. The number of hydrogen-bond acceptors (Lipinski definition) is 8. The van der Waals surface area contributed by atoms with Crippen molar-refractivity contribution in [2.45, 2.75) is 206 Å². The molecule has 1 unspecified atom stereocenters. The van der Waals surface area contributed by atoms with Gasteiger partial charge < -0.3 is 20.1 Å². The molecule has 56 heavy (non-hydrogen) atoms. The highest BCUT2D eigenvalue weighted by Crippen LogP contribution is 2.43. The second kappa shape index (κ2) is 42.6. The van der Waals surface area contributed by atoms with Gasteiger partial charge in [0.05, 0.1) is 13.2 Å². The van der Waals surface area contributed by atoms with Crippen LogP contribution in [0.5, 0.6) is 0 Å². The first-order valence-electron chi connectivity index (χ1n) is 22.7. The van der Waals surface area contributed by atoms with Crippen LogP contribution >= 0.6 is 7.82 Å². The van der Waals surface area contributed by atoms with Gasteiger partial charge in [0.2, 0.25) is 0 Å². The standard InChI is InChI=1S/C46H84NO8P/c1-3-5-7-9-11-13-15-17-19-20-21-22-23-25-26-28-30-32-34-36-38-45(48)52-42-44(43-54-56(50,51)53-41-40-47)55-46(49)39-37-35-33-31-29-27-24-18-16-14-12-10-8-6-4-2/h6,8,10,12,14,16,18,24,44H,3-5,7,9,11,13,15,17,19-23,25-43,47H2,1-2H3,(H,50,51)/b8-6+,12-10+,16-14+,24-18+/t44-/m1/s1. The lowest BCUT2D eigenvalue weighted by atomic mass is 10.0. The number of allylic oxidation sites excluding steroid dienone is 8. The van der Waals surface area contributed by atoms with Gasteiger partial charge in [0.25, 0.3) is 0 Å². The monoisotopic (exact) mass is 810 g/mol. The molecule has 326 valence electrons. The Labute approximate surface area is 343 Å². The van der Waals surface area contributed by atoms with Gasteiger partial charge >= 0.3 is 19.8 Å². The SMILES string of the molecule is CC/C=C/C=C/C=C/C=C/CCCCCCCC(=O)O[C@H](COC(=O)CCCCCCCCCCCCCCCCCCCCCC)COP(=O)(O)OCCN. The minimum absolute atomic E-state index is 0.0483. The Balaban J connectivity index is 4.10. The fraction of sp³-hybridized carbons (Fsp3) is 0.783. The first kappa shape index (κ1) is 54.0. The number of nitrogens with two attached hydrogens (primary N) is 1. The zero-order valence-corrected chi connectivity index (χ0v) is 36.8. The van der Waals surface area contributed by atoms with Crippen molar-refractivity contribution in [1.29, 1.82) is 0 Å². The molecule has 9 nitrogen and oxygen atoms in total. The van der Waals surface area contributed by atoms with E-state index in [0.717, 1.165) is 57.8 Å². The lowest BCUT2D eigenvalue weighted by Crippen LogP contribution is -2.29. The summed E-state index contributed by atoms with van der Waals surface area (Å²) in [5, 5.41) is 0. The maximum Gasteiger partial charge on any atom is 0.472 e. The summed E-state index contributed by atoms with van der Waals surface area (Å²) in [6.07, 6.45) is 48.6. The molecule has 0 aliphatic carbocycles. The maximum absolute atomic E-state index is 12.6. The molecule has 0 bridgehead atoms. The van der Waals surface area contributed by atoms with E-state index in [0.29, 0.717) is 6.42 Å². The lowest BCUT2D eigenvalue weighted by Gasteiger charge is -2.19. The van der Waals surface area contributed by atoms with E-state index in [1.807, 2.05) is 30.4 Å². The zero-order valence-electron chi connectivity index (χ0n) is 35.9. The highest BCUT2D eigenvalue weighted by Gasteiger charge is 2.26. The van der Waals surface area contributed by atoms with Crippen LogP contribution in [-0.4, -0.2) is 49.3 Å². The van der Waals surface area contributed by atoms with Gasteiger partial charge in [-0.05, 0) is 32.1 Å². The number of esters is 2. The Hall–Kier alpha value is -2.03. The van der Waals surface area contributed by atoms with Gasteiger partial charge in [-0.1, -0.05) is 204 Å². The van der Waals surface area contributed by atoms with E-state index in [1.54, 1.807) is 0 Å². The van der Waals surface area contributed by atoms with E-state index in [-0.39, 0.29) is 38.6 Å². The molecule has 10 heteroatoms. The van der Waals surface area contributed by atoms with E-state index >= 15 is 0 Å². The quantitative estimate of drug-likeness (QED) is 0.0267. The largest absolute Gasteiger partial charge is 0.472 e. The molecule has 0 saturated heterocycles. The van der Waals surface area contributed by atoms with Gasteiger partial charge in [0.1, 0.15) is 6.61 Å². The molecule has 0 amide bonds. The van der Waals surface area contributed by atoms with Crippen LogP contribution in [0.15, 0.2) is 48.6 Å². The van der Waals surface area contributed by atoms with Crippen molar-refractivity contribution in [2.75, 3.05) is 26.4 Å². The summed E-state index contributed by atoms with van der Waals surface area (Å²) >= 11 is 0. The Kier molecular flexibility index (Phi) is 41.0. The lowest BCUT2D eigenvalue weighted by molar-refractivity contribution is -0.161. The third-order valence-electron chi connectivity index (χ3n) is 9.57. The number of unbranched alkanes of at least 4 members (excludes halogenated alkanes) is 24. The van der Waals surface area contributed by atoms with E-state index < -0.39 is 26.5 Å². The van der Waals surface area contributed by atoms with Crippen LogP contribution in [0.25, 0.3) is 0 Å². The fourth-order valence-electron chi connectivity index (χ4n) is 6.23. The molecule has 3 N–H and O–H groups in total. The van der Waals surface area contributed by atoms with Crippen LogP contribution in [0.3, 0.4) is 0 Å². The van der Waals surface area contributed by atoms with Crippen molar-refractivity contribution in [3.05, 3.63) is 48.6 Å². The van der Waals surface area contributed by atoms with Crippen molar-refractivity contribution in [3.8, 4) is 0 Å². The summed E-state index contributed by atoms with van der Waals surface area (Å²) in [6.45, 7) is 3.58. The second-order valence-electron chi connectivity index (χ2n) is 15.0. The summed E-state index contributed by atoms with van der Waals surface area (Å²) in [6, 6.07) is 0. The van der Waals surface area contributed by atoms with E-state index in [4.69, 9.17) is 24.3 Å². The first-order chi connectivity index (χ1) is 27.3. The minimum Gasteiger partial charge on any atom is -0.462 e. The normalized spacial score (nSPS) is 13.7. The summed E-state index contributed by atoms with van der Waals surface area (Å²) in [4.78, 5) is 34.9. The van der Waals surface area contributed by atoms with Gasteiger partial charge in [-0.25, -0.2) is 4.57 Å². The Bertz CT molecular complexity index is 1060. The van der Waals surface area contributed by atoms with Crippen LogP contribution < -0.4 is 5.73 Å². The van der Waals surface area contributed by atoms with Crippen molar-refractivity contribution < 1.29 is 37.6 Å². The van der Waals surface area contributed by atoms with Gasteiger partial charge in [-0.3, -0.25) is 18.6 Å². The fourth-order valence-corrected chi connectivity index (χ4v) is 7.00. The maximum atomic E-state index is 12.6. The average molecular weight is 810 g/mol. The van der Waals surface area contributed by atoms with Crippen molar-refractivity contribution in [3.63, 3.8) is 0 Å². The molecule has 0 fully saturated rings. The molecule has 0 aliphatic rings. The summed E-state index contributed by atoms with van der Waals surface area (Å²) in [5.41, 5.74) is 5.35. The molecular weight excluding hydrogens is 725 g/mol. The molecule has 0 radical (unpaired) electrons. The number of hydrogen-bond donors (Lipinski definition) is 2. The smallest absolute Gasteiger partial charge is 0.462 e. The highest BCUT2D eigenvalue weighted by atomic mass is 31.2. The van der Waals surface area contributed by atoms with Crippen molar-refractivity contribution in [2.24, 2.45) is 5.73 Å². The number of rotatable bonds is 42. The van der Waals surface area contributed by atoms with Crippen molar-refractivity contribution in [1.82, 2.24) is 0 Å². The molecule has 0 heterocycles. The molecular formula is C46H84NO8P. The van der Waals surface area contributed by atoms with Gasteiger partial charge in [0, 0.05) is 19.4 Å². The number of ether oxygens (including phenoxy) is 2. The summed E-state index contributed by atoms with van der Waals surface area (Å²) in [5.74, 6) is -0.851. The zero-order chi connectivity index (χ0) is 41.1. The Morgan fingerprint density at radius 2 is 0.982 bits per heavy atom. The first-order valence-corrected chi connectivity index (χ1v) is 24.2. The molecule has 0 spiro atoms. The number of phosphoric acid groups is 1. The number of carbonyl (C=O) groups excluding carboxylic acids is 2. The van der Waals surface area contributed by atoms with E-state index in [9.17, 15) is 19.0 Å². The second-order valence-corrected chi connectivity index (χ2v) is 16.4. The highest BCUT2D eigenvalue weighted by molar-refractivity contribution is 7.47. The van der Waals surface area contributed by atoms with Gasteiger partial charge in [-0.2, -0.15) is 0 Å². The molecule has 0 rings (SSSR count). The molecule has 0 aromatic heterocycles. The third kappa shape index (κ3) is 41.6. The molecule has 0 aromatic carbocycles. The minimum atomic E-state index is -4.38. The molecule has 0 aromatic rings. The van der Waals surface area contributed by atoms with Crippen LogP contribution in [0.4, 0.5) is 0 Å². The van der Waals surface area contributed by atoms with Gasteiger partial charge in [-0.15, -0.1) is 0 Å². The van der Waals surface area contributed by atoms with E-state index in [1.165, 1.54) is 109 Å².